The Bertz CT molecular complexity index is 2960. The number of aliphatic carboxylic acids is 1. The molecule has 332 valence electrons. The van der Waals surface area contributed by atoms with Crippen molar-refractivity contribution in [3.8, 4) is 34.4 Å². The van der Waals surface area contributed by atoms with E-state index in [4.69, 9.17) is 42.7 Å². The number of carboxylic acids is 1. The molecule has 8 rings (SSSR count). The molecule has 1 aromatic heterocycles. The first kappa shape index (κ1) is 45.1. The molecule has 0 spiro atoms. The van der Waals surface area contributed by atoms with E-state index in [-0.39, 0.29) is 47.6 Å². The van der Waals surface area contributed by atoms with Gasteiger partial charge in [0.05, 0.1) is 21.7 Å². The lowest BCUT2D eigenvalue weighted by molar-refractivity contribution is -0.142. The number of sulfonamides is 1. The summed E-state index contributed by atoms with van der Waals surface area (Å²) >= 11 is 13.2. The fourth-order valence-electron chi connectivity index (χ4n) is 7.55. The number of ether oxygens (including phenoxy) is 3. The zero-order valence-corrected chi connectivity index (χ0v) is 37.9. The third kappa shape index (κ3) is 10.1. The van der Waals surface area contributed by atoms with Crippen molar-refractivity contribution in [3.05, 3.63) is 151 Å². The van der Waals surface area contributed by atoms with Crippen LogP contribution in [0.15, 0.2) is 108 Å². The van der Waals surface area contributed by atoms with Crippen LogP contribution >= 0.6 is 34.5 Å². The van der Waals surface area contributed by atoms with E-state index in [1.807, 2.05) is 54.6 Å². The van der Waals surface area contributed by atoms with Gasteiger partial charge in [-0.2, -0.15) is 9.57 Å². The SMILES string of the molecule is CC(=O)Nc1nc(S(=O)(=O)N2Cc3cc4c(cc3C[C@H]2C(=O)NC(Cc2ccc(-c3ccc(C#N)cc3)cc2)C(=O)O)OC[C@H](c2ccc(OCc3ccc(Cl)c(Cl)c3)cc2)O4)c(C)s1. The third-order valence-corrected chi connectivity index (χ3v) is 14.5. The minimum atomic E-state index is -4.54. The van der Waals surface area contributed by atoms with Crippen molar-refractivity contribution in [2.45, 2.75) is 63.1 Å². The van der Waals surface area contributed by atoms with E-state index in [0.29, 0.717) is 49.5 Å². The highest BCUT2D eigenvalue weighted by Crippen LogP contribution is 2.42. The molecule has 0 saturated carbocycles. The summed E-state index contributed by atoms with van der Waals surface area (Å²) < 4.78 is 48.8. The van der Waals surface area contributed by atoms with Crippen molar-refractivity contribution < 1.29 is 42.1 Å². The van der Waals surface area contributed by atoms with Crippen molar-refractivity contribution >= 4 is 67.5 Å². The van der Waals surface area contributed by atoms with E-state index in [1.54, 1.807) is 55.5 Å². The molecule has 3 N–H and O–H groups in total. The second-order valence-electron chi connectivity index (χ2n) is 15.4. The number of fused-ring (bicyclic) bond motifs is 2. The van der Waals surface area contributed by atoms with Crippen LogP contribution in [0.25, 0.3) is 11.1 Å². The number of carbonyl (C=O) groups is 3. The number of hydrogen-bond acceptors (Lipinski definition) is 11. The van der Waals surface area contributed by atoms with Gasteiger partial charge in [-0.1, -0.05) is 77.8 Å². The molecular formula is C47H39Cl2N5O9S2. The predicted octanol–water partition coefficient (Wildman–Crippen LogP) is 8.27. The normalized spacial score (nSPS) is 16.1. The Labute approximate surface area is 388 Å². The molecule has 65 heavy (non-hydrogen) atoms. The molecule has 0 bridgehead atoms. The molecule has 2 amide bonds. The molecule has 1 unspecified atom stereocenters. The summed E-state index contributed by atoms with van der Waals surface area (Å²) in [7, 11) is -4.54. The number of carbonyl (C=O) groups excluding carboxylic acids is 2. The number of hydrogen-bond donors (Lipinski definition) is 3. The molecule has 3 atom stereocenters. The summed E-state index contributed by atoms with van der Waals surface area (Å²) in [5, 5.41) is 25.2. The van der Waals surface area contributed by atoms with Crippen LogP contribution in [0.4, 0.5) is 5.13 Å². The van der Waals surface area contributed by atoms with E-state index in [0.717, 1.165) is 37.9 Å². The number of amides is 2. The van der Waals surface area contributed by atoms with Crippen LogP contribution in [0.1, 0.15) is 51.3 Å². The lowest BCUT2D eigenvalue weighted by atomic mass is 9.94. The first-order chi connectivity index (χ1) is 31.1. The Morgan fingerprint density at radius 3 is 2.28 bits per heavy atom. The molecule has 0 radical (unpaired) electrons. The third-order valence-electron chi connectivity index (χ3n) is 10.9. The average Bonchev–Trinajstić information content (AvgIpc) is 3.67. The van der Waals surface area contributed by atoms with E-state index >= 15 is 0 Å². The molecule has 3 heterocycles. The lowest BCUT2D eigenvalue weighted by Gasteiger charge is -2.36. The van der Waals surface area contributed by atoms with Crippen LogP contribution in [0, 0.1) is 18.3 Å². The maximum Gasteiger partial charge on any atom is 0.326 e. The molecule has 0 fully saturated rings. The van der Waals surface area contributed by atoms with Gasteiger partial charge in [0.25, 0.3) is 10.0 Å². The first-order valence-electron chi connectivity index (χ1n) is 20.2. The van der Waals surface area contributed by atoms with Gasteiger partial charge in [-0.3, -0.25) is 9.59 Å². The summed E-state index contributed by atoms with van der Waals surface area (Å²) in [5.41, 5.74) is 5.66. The Kier molecular flexibility index (Phi) is 13.1. The van der Waals surface area contributed by atoms with Gasteiger partial charge in [-0.15, -0.1) is 11.3 Å². The monoisotopic (exact) mass is 951 g/mol. The number of rotatable bonds is 13. The zero-order chi connectivity index (χ0) is 46.0. The molecule has 2 aliphatic heterocycles. The number of nitrogens with one attached hydrogen (secondary N) is 2. The van der Waals surface area contributed by atoms with Gasteiger partial charge in [0.1, 0.15) is 31.0 Å². The van der Waals surface area contributed by atoms with E-state index < -0.39 is 46.0 Å². The number of halogens is 2. The Morgan fingerprint density at radius 2 is 1.62 bits per heavy atom. The molecule has 14 nitrogen and oxygen atoms in total. The van der Waals surface area contributed by atoms with Gasteiger partial charge < -0.3 is 30.0 Å². The largest absolute Gasteiger partial charge is 0.489 e. The fraction of sp³-hybridized carbons (Fsp3) is 0.213. The fourth-order valence-corrected chi connectivity index (χ4v) is 10.7. The highest BCUT2D eigenvalue weighted by molar-refractivity contribution is 7.89. The number of aromatic nitrogens is 1. The minimum absolute atomic E-state index is 0.0693. The Hall–Kier alpha value is -6.48. The molecule has 0 aliphatic carbocycles. The number of carboxylic acid groups (broad SMARTS) is 1. The van der Waals surface area contributed by atoms with Gasteiger partial charge in [-0.05, 0) is 101 Å². The van der Waals surface area contributed by atoms with Crippen LogP contribution in [0.2, 0.25) is 10.0 Å². The topological polar surface area (TPSA) is 197 Å². The summed E-state index contributed by atoms with van der Waals surface area (Å²) in [4.78, 5) is 43.3. The smallest absolute Gasteiger partial charge is 0.326 e. The predicted molar refractivity (Wildman–Crippen MR) is 244 cm³/mol. The molecular weight excluding hydrogens is 914 g/mol. The highest BCUT2D eigenvalue weighted by Gasteiger charge is 2.43. The number of thiazole rings is 1. The summed E-state index contributed by atoms with van der Waals surface area (Å²) in [6.45, 7) is 2.98. The molecule has 2 aliphatic rings. The van der Waals surface area contributed by atoms with E-state index in [2.05, 4.69) is 21.7 Å². The first-order valence-corrected chi connectivity index (χ1v) is 23.2. The maximum absolute atomic E-state index is 14.6. The van der Waals surface area contributed by atoms with Crippen LogP contribution in [0.3, 0.4) is 0 Å². The van der Waals surface area contributed by atoms with E-state index in [1.165, 1.54) is 6.92 Å². The van der Waals surface area contributed by atoms with E-state index in [9.17, 15) is 27.9 Å². The van der Waals surface area contributed by atoms with Gasteiger partial charge in [0, 0.05) is 24.8 Å². The summed E-state index contributed by atoms with van der Waals surface area (Å²) in [6, 6.07) is 29.5. The lowest BCUT2D eigenvalue weighted by Crippen LogP contribution is -2.55. The number of nitriles is 1. The molecule has 18 heteroatoms. The minimum Gasteiger partial charge on any atom is -0.489 e. The van der Waals surface area contributed by atoms with Crippen LogP contribution < -0.4 is 24.8 Å². The van der Waals surface area contributed by atoms with Crippen molar-refractivity contribution in [2.75, 3.05) is 11.9 Å². The molecule has 0 saturated heterocycles. The number of aryl methyl sites for hydroxylation is 1. The quantitative estimate of drug-likeness (QED) is 0.101. The average molecular weight is 953 g/mol. The standard InChI is InChI=1S/C47H39Cl2N5O9S2/c1-26-45(53-47(64-26)51-27(2)55)65(59,60)54-23-35-21-42-41(62-25-43(63-42)33-12-14-36(15-13-33)61-24-30-7-16-37(48)38(49)17-30)20-34(35)19-40(54)44(56)52-39(46(57)58)18-28-3-8-31(9-4-28)32-10-5-29(22-50)6-11-32/h3-17,20-21,39-40,43H,18-19,23-25H2,1-2H3,(H,52,56)(H,57,58)(H,51,53,55)/t39?,40-,43+/m0/s1. The Morgan fingerprint density at radius 1 is 0.938 bits per heavy atom. The number of nitrogens with zero attached hydrogens (tertiary/aromatic N) is 3. The van der Waals surface area contributed by atoms with Crippen LogP contribution in [-0.2, 0) is 50.4 Å². The molecule has 5 aromatic carbocycles. The van der Waals surface area contributed by atoms with Crippen LogP contribution in [0.5, 0.6) is 17.2 Å². The number of benzene rings is 5. The van der Waals surface area contributed by atoms with Crippen molar-refractivity contribution in [1.29, 1.82) is 5.26 Å². The zero-order valence-electron chi connectivity index (χ0n) is 34.7. The van der Waals surface area contributed by atoms with Crippen molar-refractivity contribution in [1.82, 2.24) is 14.6 Å². The van der Waals surface area contributed by atoms with Crippen LogP contribution in [-0.4, -0.2) is 59.3 Å². The highest BCUT2D eigenvalue weighted by atomic mass is 35.5. The van der Waals surface area contributed by atoms with Gasteiger partial charge in [0.2, 0.25) is 11.8 Å². The Balaban J connectivity index is 1.03. The summed E-state index contributed by atoms with van der Waals surface area (Å²) in [5.74, 6) is -1.18. The molecule has 6 aromatic rings. The summed E-state index contributed by atoms with van der Waals surface area (Å²) in [6.07, 6.45) is -0.737. The second-order valence-corrected chi connectivity index (χ2v) is 19.2. The van der Waals surface area contributed by atoms with Gasteiger partial charge in [-0.25, -0.2) is 18.2 Å². The number of anilines is 1. The van der Waals surface area contributed by atoms with Gasteiger partial charge in [0.15, 0.2) is 27.8 Å². The maximum atomic E-state index is 14.6. The van der Waals surface area contributed by atoms with Gasteiger partial charge >= 0.3 is 5.97 Å². The van der Waals surface area contributed by atoms with Crippen molar-refractivity contribution in [3.63, 3.8) is 0 Å². The van der Waals surface area contributed by atoms with Crippen molar-refractivity contribution in [2.24, 2.45) is 0 Å². The second kappa shape index (κ2) is 18.9.